The molecule has 0 saturated carbocycles. The van der Waals surface area contributed by atoms with Crippen molar-refractivity contribution in [1.82, 2.24) is 0 Å². The fraction of sp³-hybridized carbons (Fsp3) is 0.429. The summed E-state index contributed by atoms with van der Waals surface area (Å²) in [5.41, 5.74) is 0.826. The summed E-state index contributed by atoms with van der Waals surface area (Å²) >= 11 is 6.30. The minimum atomic E-state index is -0.381. The molecule has 28 heavy (non-hydrogen) atoms. The van der Waals surface area contributed by atoms with E-state index in [0.717, 1.165) is 30.1 Å². The monoisotopic (exact) mass is 406 g/mol. The summed E-state index contributed by atoms with van der Waals surface area (Å²) in [6, 6.07) is 13.1. The molecule has 2 heterocycles. The highest BCUT2D eigenvalue weighted by Gasteiger charge is 2.23. The second-order valence-corrected chi connectivity index (χ2v) is 6.95. The minimum absolute atomic E-state index is 0.256. The summed E-state index contributed by atoms with van der Waals surface area (Å²) in [5.74, 6) is 2.34. The average molecular weight is 407 g/mol. The van der Waals surface area contributed by atoms with Crippen molar-refractivity contribution >= 4 is 11.6 Å². The Kier molecular flexibility index (Phi) is 6.54. The predicted molar refractivity (Wildman–Crippen MR) is 103 cm³/mol. The van der Waals surface area contributed by atoms with Crippen LogP contribution in [0.5, 0.6) is 17.2 Å². The van der Waals surface area contributed by atoms with Crippen molar-refractivity contribution in [3.8, 4) is 17.2 Å². The van der Waals surface area contributed by atoms with Crippen molar-refractivity contribution in [2.75, 3.05) is 39.6 Å². The highest BCUT2D eigenvalue weighted by Crippen LogP contribution is 2.32. The lowest BCUT2D eigenvalue weighted by atomic mass is 10.2. The van der Waals surface area contributed by atoms with E-state index in [0.29, 0.717) is 43.8 Å². The smallest absolute Gasteiger partial charge is 0.185 e. The Morgan fingerprint density at radius 1 is 0.821 bits per heavy atom. The van der Waals surface area contributed by atoms with Crippen LogP contribution in [0.25, 0.3) is 0 Å². The van der Waals surface area contributed by atoms with Crippen LogP contribution < -0.4 is 14.2 Å². The quantitative estimate of drug-likeness (QED) is 0.439. The van der Waals surface area contributed by atoms with E-state index in [9.17, 15) is 0 Å². The van der Waals surface area contributed by atoms with Gasteiger partial charge in [0, 0.05) is 12.0 Å². The van der Waals surface area contributed by atoms with Crippen molar-refractivity contribution in [1.29, 1.82) is 0 Å². The maximum Gasteiger partial charge on any atom is 0.185 e. The molecule has 2 saturated heterocycles. The number of epoxide rings is 1. The second-order valence-electron chi connectivity index (χ2n) is 6.55. The Labute approximate surface area is 169 Å². The van der Waals surface area contributed by atoms with Gasteiger partial charge in [0.15, 0.2) is 6.29 Å². The molecule has 6 nitrogen and oxygen atoms in total. The molecule has 0 aromatic heterocycles. The topological polar surface area (TPSA) is 58.7 Å². The molecule has 0 radical (unpaired) electrons. The molecule has 7 heteroatoms. The predicted octanol–water partition coefficient (Wildman–Crippen LogP) is 4.01. The van der Waals surface area contributed by atoms with Gasteiger partial charge in [-0.05, 0) is 42.5 Å². The molecule has 2 aliphatic heterocycles. The Hall–Kier alpha value is -1.99. The number of hydrogen-bond donors (Lipinski definition) is 0. The summed E-state index contributed by atoms with van der Waals surface area (Å²) in [6.07, 6.45) is 0.631. The molecule has 2 aliphatic rings. The Morgan fingerprint density at radius 3 is 2.07 bits per heavy atom. The van der Waals surface area contributed by atoms with Crippen LogP contribution in [-0.2, 0) is 14.2 Å². The molecule has 2 aromatic rings. The third-order valence-electron chi connectivity index (χ3n) is 4.34. The molecule has 4 rings (SSSR count). The van der Waals surface area contributed by atoms with Gasteiger partial charge in [-0.15, -0.1) is 0 Å². The summed E-state index contributed by atoms with van der Waals surface area (Å²) in [5, 5.41) is 0.580. The second kappa shape index (κ2) is 9.47. The van der Waals surface area contributed by atoms with Gasteiger partial charge in [-0.3, -0.25) is 0 Å². The first-order chi connectivity index (χ1) is 13.8. The Morgan fingerprint density at radius 2 is 1.43 bits per heavy atom. The van der Waals surface area contributed by atoms with E-state index >= 15 is 0 Å². The maximum absolute atomic E-state index is 6.30. The minimum Gasteiger partial charge on any atom is -0.493 e. The van der Waals surface area contributed by atoms with E-state index in [1.54, 1.807) is 6.07 Å². The molecule has 2 aromatic carbocycles. The maximum atomic E-state index is 6.30. The molecule has 0 N–H and O–H groups in total. The van der Waals surface area contributed by atoms with E-state index in [-0.39, 0.29) is 12.4 Å². The van der Waals surface area contributed by atoms with Gasteiger partial charge in [-0.1, -0.05) is 11.6 Å². The number of benzene rings is 2. The molecular formula is C21H23ClO6. The normalized spacial score (nSPS) is 18.8. The summed E-state index contributed by atoms with van der Waals surface area (Å²) in [6.45, 7) is 3.67. The van der Waals surface area contributed by atoms with Gasteiger partial charge < -0.3 is 28.4 Å². The number of rotatable bonds is 10. The standard InChI is InChI=1S/C21H23ClO6/c22-20-12-17(6-7-19(20)21-25-10-11-26-21)24-9-1-8-23-15-2-4-16(5-3-15)27-13-18-14-28-18/h2-7,12,18,21H,1,8-11,13-14H2. The highest BCUT2D eigenvalue weighted by atomic mass is 35.5. The molecule has 2 fully saturated rings. The third-order valence-corrected chi connectivity index (χ3v) is 4.66. The van der Waals surface area contributed by atoms with Gasteiger partial charge in [0.1, 0.15) is 30.0 Å². The van der Waals surface area contributed by atoms with E-state index < -0.39 is 0 Å². The average Bonchev–Trinajstić information content (AvgIpc) is 3.39. The molecule has 0 spiro atoms. The highest BCUT2D eigenvalue weighted by molar-refractivity contribution is 6.31. The van der Waals surface area contributed by atoms with Gasteiger partial charge in [0.05, 0.1) is 38.1 Å². The van der Waals surface area contributed by atoms with Crippen molar-refractivity contribution < 1.29 is 28.4 Å². The molecule has 0 amide bonds. The fourth-order valence-electron chi connectivity index (χ4n) is 2.75. The lowest BCUT2D eigenvalue weighted by Gasteiger charge is -2.13. The van der Waals surface area contributed by atoms with E-state index in [1.807, 2.05) is 36.4 Å². The Balaban J connectivity index is 1.15. The lowest BCUT2D eigenvalue weighted by molar-refractivity contribution is -0.0440. The van der Waals surface area contributed by atoms with Gasteiger partial charge in [-0.25, -0.2) is 0 Å². The van der Waals surface area contributed by atoms with Crippen LogP contribution in [-0.4, -0.2) is 45.7 Å². The first-order valence-electron chi connectivity index (χ1n) is 9.41. The van der Waals surface area contributed by atoms with Crippen molar-refractivity contribution in [3.05, 3.63) is 53.1 Å². The number of hydrogen-bond acceptors (Lipinski definition) is 6. The van der Waals surface area contributed by atoms with E-state index in [4.69, 9.17) is 40.0 Å². The van der Waals surface area contributed by atoms with E-state index in [1.165, 1.54) is 0 Å². The SMILES string of the molecule is Clc1cc(OCCCOc2ccc(OCC3CO3)cc2)ccc1C1OCCO1. The Bertz CT molecular complexity index is 756. The van der Waals surface area contributed by atoms with Gasteiger partial charge in [0.2, 0.25) is 0 Å². The van der Waals surface area contributed by atoms with Crippen LogP contribution in [0.15, 0.2) is 42.5 Å². The van der Waals surface area contributed by atoms with Crippen LogP contribution in [0, 0.1) is 0 Å². The summed E-state index contributed by atoms with van der Waals surface area (Å²) in [4.78, 5) is 0. The molecule has 1 atom stereocenters. The van der Waals surface area contributed by atoms with Crippen molar-refractivity contribution in [2.45, 2.75) is 18.8 Å². The first kappa shape index (κ1) is 19.3. The zero-order valence-electron chi connectivity index (χ0n) is 15.5. The van der Waals surface area contributed by atoms with Gasteiger partial charge >= 0.3 is 0 Å². The zero-order valence-corrected chi connectivity index (χ0v) is 16.2. The molecule has 0 bridgehead atoms. The van der Waals surface area contributed by atoms with Crippen LogP contribution >= 0.6 is 11.6 Å². The van der Waals surface area contributed by atoms with Crippen LogP contribution in [0.2, 0.25) is 5.02 Å². The zero-order chi connectivity index (χ0) is 19.2. The number of ether oxygens (including phenoxy) is 6. The third kappa shape index (κ3) is 5.52. The van der Waals surface area contributed by atoms with Gasteiger partial charge in [0.25, 0.3) is 0 Å². The lowest BCUT2D eigenvalue weighted by Crippen LogP contribution is -2.06. The van der Waals surface area contributed by atoms with Crippen LogP contribution in [0.1, 0.15) is 18.3 Å². The van der Waals surface area contributed by atoms with Crippen LogP contribution in [0.4, 0.5) is 0 Å². The molecular weight excluding hydrogens is 384 g/mol. The van der Waals surface area contributed by atoms with Crippen molar-refractivity contribution in [2.24, 2.45) is 0 Å². The largest absolute Gasteiger partial charge is 0.493 e. The van der Waals surface area contributed by atoms with E-state index in [2.05, 4.69) is 0 Å². The van der Waals surface area contributed by atoms with Crippen molar-refractivity contribution in [3.63, 3.8) is 0 Å². The fourth-order valence-corrected chi connectivity index (χ4v) is 3.01. The summed E-state index contributed by atoms with van der Waals surface area (Å²) in [7, 11) is 0. The summed E-state index contributed by atoms with van der Waals surface area (Å²) < 4.78 is 33.1. The van der Waals surface area contributed by atoms with Crippen LogP contribution in [0.3, 0.4) is 0 Å². The molecule has 0 aliphatic carbocycles. The van der Waals surface area contributed by atoms with Gasteiger partial charge in [-0.2, -0.15) is 0 Å². The number of halogens is 1. The molecule has 1 unspecified atom stereocenters. The molecule has 150 valence electrons. The first-order valence-corrected chi connectivity index (χ1v) is 9.78.